The van der Waals surface area contributed by atoms with Gasteiger partial charge in [-0.05, 0) is 42.8 Å². The second-order valence-corrected chi connectivity index (χ2v) is 7.01. The number of halogens is 1. The average molecular weight is 368 g/mol. The summed E-state index contributed by atoms with van der Waals surface area (Å²) < 4.78 is 18.5. The summed E-state index contributed by atoms with van der Waals surface area (Å²) in [5, 5.41) is 2.84. The van der Waals surface area contributed by atoms with Gasteiger partial charge in [0.1, 0.15) is 23.2 Å². The number of thiazole rings is 1. The van der Waals surface area contributed by atoms with Gasteiger partial charge in [-0.15, -0.1) is 11.3 Å². The fraction of sp³-hybridized carbons (Fsp3) is 0.200. The normalized spacial score (nSPS) is 14.0. The van der Waals surface area contributed by atoms with Gasteiger partial charge in [-0.1, -0.05) is 12.1 Å². The van der Waals surface area contributed by atoms with Gasteiger partial charge in [0.25, 0.3) is 0 Å². The molecule has 1 fully saturated rings. The molecule has 0 bridgehead atoms. The van der Waals surface area contributed by atoms with Crippen LogP contribution in [-0.2, 0) is 11.4 Å². The maximum Gasteiger partial charge on any atom is 0.227 e. The smallest absolute Gasteiger partial charge is 0.227 e. The van der Waals surface area contributed by atoms with Crippen molar-refractivity contribution in [3.05, 3.63) is 64.7 Å². The predicted octanol–water partition coefficient (Wildman–Crippen LogP) is 4.66. The number of ether oxygens (including phenoxy) is 1. The topological polar surface area (TPSA) is 42.4 Å². The zero-order chi connectivity index (χ0) is 17.9. The standard InChI is InChI=1S/C20H17FN2O2S/c21-15-5-9-17(10-6-15)25-12-19-22-18(13-26-19)14-3-7-16(8-4-14)23-11-1-2-20(23)24/h3-10,13H,1-2,11-12H2. The zero-order valence-corrected chi connectivity index (χ0v) is 14.8. The van der Waals surface area contributed by atoms with E-state index in [4.69, 9.17) is 4.74 Å². The molecule has 0 aliphatic carbocycles. The largest absolute Gasteiger partial charge is 0.486 e. The molecule has 0 spiro atoms. The van der Waals surface area contributed by atoms with Gasteiger partial charge in [0.2, 0.25) is 5.91 Å². The van der Waals surface area contributed by atoms with Crippen LogP contribution in [0.2, 0.25) is 0 Å². The van der Waals surface area contributed by atoms with E-state index >= 15 is 0 Å². The van der Waals surface area contributed by atoms with Crippen LogP contribution >= 0.6 is 11.3 Å². The maximum atomic E-state index is 12.9. The molecule has 1 aliphatic heterocycles. The van der Waals surface area contributed by atoms with Gasteiger partial charge in [-0.2, -0.15) is 0 Å². The van der Waals surface area contributed by atoms with E-state index in [1.807, 2.05) is 34.5 Å². The second-order valence-electron chi connectivity index (χ2n) is 6.06. The van der Waals surface area contributed by atoms with E-state index in [9.17, 15) is 9.18 Å². The summed E-state index contributed by atoms with van der Waals surface area (Å²) in [5.74, 6) is 0.516. The van der Waals surface area contributed by atoms with Crippen LogP contribution in [0.4, 0.5) is 10.1 Å². The van der Waals surface area contributed by atoms with Crippen LogP contribution in [0.3, 0.4) is 0 Å². The minimum Gasteiger partial charge on any atom is -0.486 e. The van der Waals surface area contributed by atoms with Crippen molar-refractivity contribution >= 4 is 22.9 Å². The SMILES string of the molecule is O=C1CCCN1c1ccc(-c2csc(COc3ccc(F)cc3)n2)cc1. The first kappa shape index (κ1) is 16.7. The number of hydrogen-bond donors (Lipinski definition) is 0. The molecular formula is C20H17FN2O2S. The molecular weight excluding hydrogens is 351 g/mol. The third-order valence-electron chi connectivity index (χ3n) is 4.28. The Morgan fingerprint density at radius 3 is 2.58 bits per heavy atom. The monoisotopic (exact) mass is 368 g/mol. The number of rotatable bonds is 5. The molecule has 3 aromatic rings. The minimum absolute atomic E-state index is 0.187. The van der Waals surface area contributed by atoms with Gasteiger partial charge in [0.05, 0.1) is 5.69 Å². The third kappa shape index (κ3) is 3.60. The summed E-state index contributed by atoms with van der Waals surface area (Å²) in [7, 11) is 0. The lowest BCUT2D eigenvalue weighted by molar-refractivity contribution is -0.117. The van der Waals surface area contributed by atoms with Crippen LogP contribution in [0, 0.1) is 5.82 Å². The van der Waals surface area contributed by atoms with Crippen LogP contribution < -0.4 is 9.64 Å². The number of carbonyl (C=O) groups excluding carboxylic acids is 1. The molecule has 0 N–H and O–H groups in total. The van der Waals surface area contributed by atoms with Gasteiger partial charge >= 0.3 is 0 Å². The molecule has 1 amide bonds. The van der Waals surface area contributed by atoms with Crippen molar-refractivity contribution in [1.29, 1.82) is 0 Å². The molecule has 6 heteroatoms. The Labute approximate surface area is 154 Å². The van der Waals surface area contributed by atoms with E-state index in [1.54, 1.807) is 12.1 Å². The molecule has 0 atom stereocenters. The highest BCUT2D eigenvalue weighted by Gasteiger charge is 2.21. The number of anilines is 1. The summed E-state index contributed by atoms with van der Waals surface area (Å²) in [5.41, 5.74) is 2.82. The zero-order valence-electron chi connectivity index (χ0n) is 14.0. The first-order chi connectivity index (χ1) is 12.7. The molecule has 2 heterocycles. The molecule has 0 unspecified atom stereocenters. The molecule has 1 aliphatic rings. The number of hydrogen-bond acceptors (Lipinski definition) is 4. The Morgan fingerprint density at radius 2 is 1.88 bits per heavy atom. The number of amides is 1. The highest BCUT2D eigenvalue weighted by molar-refractivity contribution is 7.09. The van der Waals surface area contributed by atoms with Gasteiger partial charge in [-0.25, -0.2) is 9.37 Å². The van der Waals surface area contributed by atoms with Crippen LogP contribution in [0.1, 0.15) is 17.8 Å². The van der Waals surface area contributed by atoms with Crippen molar-refractivity contribution < 1.29 is 13.9 Å². The molecule has 26 heavy (non-hydrogen) atoms. The first-order valence-electron chi connectivity index (χ1n) is 8.42. The van der Waals surface area contributed by atoms with Crippen molar-refractivity contribution in [2.75, 3.05) is 11.4 Å². The maximum absolute atomic E-state index is 12.9. The highest BCUT2D eigenvalue weighted by Crippen LogP contribution is 2.27. The van der Waals surface area contributed by atoms with E-state index in [1.165, 1.54) is 23.5 Å². The van der Waals surface area contributed by atoms with Crippen LogP contribution in [0.25, 0.3) is 11.3 Å². The van der Waals surface area contributed by atoms with Gasteiger partial charge in [0, 0.05) is 29.6 Å². The Hall–Kier alpha value is -2.73. The summed E-state index contributed by atoms with van der Waals surface area (Å²) in [6.45, 7) is 1.14. The van der Waals surface area contributed by atoms with E-state index in [0.717, 1.165) is 34.9 Å². The molecule has 0 saturated carbocycles. The van der Waals surface area contributed by atoms with Crippen molar-refractivity contribution in [2.45, 2.75) is 19.4 Å². The number of nitrogens with zero attached hydrogens (tertiary/aromatic N) is 2. The van der Waals surface area contributed by atoms with Crippen molar-refractivity contribution in [2.24, 2.45) is 0 Å². The average Bonchev–Trinajstić information content (AvgIpc) is 3.30. The van der Waals surface area contributed by atoms with E-state index in [0.29, 0.717) is 18.8 Å². The van der Waals surface area contributed by atoms with Crippen molar-refractivity contribution in [3.8, 4) is 17.0 Å². The molecule has 0 radical (unpaired) electrons. The molecule has 132 valence electrons. The molecule has 2 aromatic carbocycles. The Bertz CT molecular complexity index is 906. The van der Waals surface area contributed by atoms with Crippen molar-refractivity contribution in [3.63, 3.8) is 0 Å². The molecule has 4 nitrogen and oxygen atoms in total. The summed E-state index contributed by atoms with van der Waals surface area (Å²) in [6.07, 6.45) is 1.55. The van der Waals surface area contributed by atoms with Gasteiger partial charge in [0.15, 0.2) is 0 Å². The lowest BCUT2D eigenvalue weighted by Gasteiger charge is -2.15. The summed E-state index contributed by atoms with van der Waals surface area (Å²) in [4.78, 5) is 18.2. The summed E-state index contributed by atoms with van der Waals surface area (Å²) >= 11 is 1.52. The fourth-order valence-electron chi connectivity index (χ4n) is 2.92. The van der Waals surface area contributed by atoms with E-state index in [2.05, 4.69) is 4.98 Å². The third-order valence-corrected chi connectivity index (χ3v) is 5.10. The van der Waals surface area contributed by atoms with Crippen LogP contribution in [0.15, 0.2) is 53.9 Å². The quantitative estimate of drug-likeness (QED) is 0.658. The lowest BCUT2D eigenvalue weighted by atomic mass is 10.1. The molecule has 1 saturated heterocycles. The minimum atomic E-state index is -0.284. The lowest BCUT2D eigenvalue weighted by Crippen LogP contribution is -2.23. The number of carbonyl (C=O) groups is 1. The highest BCUT2D eigenvalue weighted by atomic mass is 32.1. The van der Waals surface area contributed by atoms with Gasteiger partial charge in [-0.3, -0.25) is 4.79 Å². The Balaban J connectivity index is 1.42. The molecule has 1 aromatic heterocycles. The predicted molar refractivity (Wildman–Crippen MR) is 99.9 cm³/mol. The second kappa shape index (κ2) is 7.25. The molecule has 4 rings (SSSR count). The van der Waals surface area contributed by atoms with Crippen LogP contribution in [0.5, 0.6) is 5.75 Å². The Morgan fingerprint density at radius 1 is 1.12 bits per heavy atom. The first-order valence-corrected chi connectivity index (χ1v) is 9.30. The van der Waals surface area contributed by atoms with E-state index < -0.39 is 0 Å². The van der Waals surface area contributed by atoms with Crippen LogP contribution in [-0.4, -0.2) is 17.4 Å². The fourth-order valence-corrected chi connectivity index (χ4v) is 3.63. The van der Waals surface area contributed by atoms with E-state index in [-0.39, 0.29) is 11.7 Å². The summed E-state index contributed by atoms with van der Waals surface area (Å²) in [6, 6.07) is 13.8. The Kier molecular flexibility index (Phi) is 4.67. The number of aromatic nitrogens is 1. The van der Waals surface area contributed by atoms with Crippen molar-refractivity contribution in [1.82, 2.24) is 4.98 Å². The number of benzene rings is 2. The van der Waals surface area contributed by atoms with Gasteiger partial charge < -0.3 is 9.64 Å².